The monoisotopic (exact) mass is 238 g/mol. The molecule has 0 heterocycles. The van der Waals surface area contributed by atoms with Crippen molar-refractivity contribution >= 4 is 5.91 Å². The summed E-state index contributed by atoms with van der Waals surface area (Å²) in [5, 5.41) is 0. The van der Waals surface area contributed by atoms with Crippen LogP contribution in [0.5, 0.6) is 5.75 Å². The van der Waals surface area contributed by atoms with Crippen LogP contribution in [0, 0.1) is 0 Å². The Balaban J connectivity index is 2.44. The van der Waals surface area contributed by atoms with Gasteiger partial charge in [-0.3, -0.25) is 4.79 Å². The van der Waals surface area contributed by atoms with Crippen molar-refractivity contribution in [3.63, 3.8) is 0 Å². The predicted octanol–water partition coefficient (Wildman–Crippen LogP) is 0.528. The molecule has 1 unspecified atom stereocenters. The number of rotatable bonds is 7. The zero-order valence-corrected chi connectivity index (χ0v) is 9.89. The molecule has 0 fully saturated rings. The van der Waals surface area contributed by atoms with Gasteiger partial charge in [-0.2, -0.15) is 0 Å². The van der Waals surface area contributed by atoms with Crippen LogP contribution in [0.1, 0.15) is 17.3 Å². The topological polar surface area (TPSA) is 87.6 Å². The van der Waals surface area contributed by atoms with E-state index in [1.165, 1.54) is 0 Å². The maximum absolute atomic E-state index is 11.1. The number of hydrogen-bond donors (Lipinski definition) is 2. The summed E-state index contributed by atoms with van der Waals surface area (Å²) in [6.45, 7) is 3.13. The number of ether oxygens (including phenoxy) is 2. The van der Waals surface area contributed by atoms with E-state index in [1.807, 2.05) is 6.92 Å². The van der Waals surface area contributed by atoms with E-state index in [-0.39, 0.29) is 6.10 Å². The molecule has 1 amide bonds. The fourth-order valence-corrected chi connectivity index (χ4v) is 1.27. The van der Waals surface area contributed by atoms with Crippen LogP contribution in [-0.2, 0) is 4.74 Å². The highest BCUT2D eigenvalue weighted by Crippen LogP contribution is 2.16. The normalized spacial score (nSPS) is 12.1. The van der Waals surface area contributed by atoms with Crippen LogP contribution in [0.4, 0.5) is 0 Å². The summed E-state index contributed by atoms with van der Waals surface area (Å²) in [7, 11) is 0. The van der Waals surface area contributed by atoms with Gasteiger partial charge in [0.1, 0.15) is 12.4 Å². The Bertz CT molecular complexity index is 369. The number of amides is 1. The zero-order chi connectivity index (χ0) is 12.7. The van der Waals surface area contributed by atoms with Gasteiger partial charge >= 0.3 is 0 Å². The first kappa shape index (κ1) is 13.5. The first-order chi connectivity index (χ1) is 8.15. The van der Waals surface area contributed by atoms with E-state index in [4.69, 9.17) is 20.9 Å². The fourth-order valence-electron chi connectivity index (χ4n) is 1.27. The van der Waals surface area contributed by atoms with Crippen molar-refractivity contribution in [1.82, 2.24) is 0 Å². The Morgan fingerprint density at radius 3 is 2.71 bits per heavy atom. The third-order valence-electron chi connectivity index (χ3n) is 2.23. The average Bonchev–Trinajstić information content (AvgIpc) is 2.34. The predicted molar refractivity (Wildman–Crippen MR) is 64.9 cm³/mol. The molecule has 5 nitrogen and oxygen atoms in total. The van der Waals surface area contributed by atoms with Crippen LogP contribution >= 0.6 is 0 Å². The lowest BCUT2D eigenvalue weighted by Crippen LogP contribution is -2.22. The SMILES string of the molecule is CC(CN)OCCOc1ccccc1C(N)=O. The van der Waals surface area contributed by atoms with Crippen molar-refractivity contribution in [2.45, 2.75) is 13.0 Å². The number of benzene rings is 1. The molecule has 1 aromatic carbocycles. The minimum atomic E-state index is -0.503. The molecule has 1 rings (SSSR count). The van der Waals surface area contributed by atoms with Gasteiger partial charge in [0.25, 0.3) is 5.91 Å². The quantitative estimate of drug-likeness (QED) is 0.678. The third-order valence-corrected chi connectivity index (χ3v) is 2.23. The lowest BCUT2D eigenvalue weighted by Gasteiger charge is -2.12. The summed E-state index contributed by atoms with van der Waals surface area (Å²) in [6.07, 6.45) is 0.00461. The van der Waals surface area contributed by atoms with Crippen LogP contribution < -0.4 is 16.2 Å². The smallest absolute Gasteiger partial charge is 0.252 e. The van der Waals surface area contributed by atoms with Crippen LogP contribution in [0.25, 0.3) is 0 Å². The van der Waals surface area contributed by atoms with Crippen LogP contribution in [0.15, 0.2) is 24.3 Å². The van der Waals surface area contributed by atoms with Crippen molar-refractivity contribution in [3.8, 4) is 5.75 Å². The lowest BCUT2D eigenvalue weighted by atomic mass is 10.2. The Morgan fingerprint density at radius 1 is 1.35 bits per heavy atom. The highest BCUT2D eigenvalue weighted by Gasteiger charge is 2.08. The number of nitrogens with two attached hydrogens (primary N) is 2. The number of hydrogen-bond acceptors (Lipinski definition) is 4. The Labute approximate surface area is 101 Å². The molecule has 1 atom stereocenters. The Kier molecular flexibility index (Phi) is 5.45. The molecular formula is C12H18N2O3. The molecule has 0 saturated carbocycles. The third kappa shape index (κ3) is 4.42. The summed E-state index contributed by atoms with van der Waals surface area (Å²) in [4.78, 5) is 11.1. The van der Waals surface area contributed by atoms with E-state index >= 15 is 0 Å². The summed E-state index contributed by atoms with van der Waals surface area (Å²) in [6, 6.07) is 6.85. The second-order valence-electron chi connectivity index (χ2n) is 3.63. The molecule has 0 aliphatic carbocycles. The fraction of sp³-hybridized carbons (Fsp3) is 0.417. The number of carbonyl (C=O) groups excluding carboxylic acids is 1. The minimum absolute atomic E-state index is 0.00461. The molecule has 0 aliphatic rings. The van der Waals surface area contributed by atoms with Crippen molar-refractivity contribution in [1.29, 1.82) is 0 Å². The lowest BCUT2D eigenvalue weighted by molar-refractivity contribution is 0.0493. The maximum atomic E-state index is 11.1. The average molecular weight is 238 g/mol. The van der Waals surface area contributed by atoms with Crippen molar-refractivity contribution in [2.75, 3.05) is 19.8 Å². The highest BCUT2D eigenvalue weighted by molar-refractivity contribution is 5.95. The molecule has 0 aliphatic heterocycles. The number of para-hydroxylation sites is 1. The van der Waals surface area contributed by atoms with Crippen molar-refractivity contribution in [3.05, 3.63) is 29.8 Å². The van der Waals surface area contributed by atoms with E-state index in [2.05, 4.69) is 0 Å². The van der Waals surface area contributed by atoms with Gasteiger partial charge in [0.2, 0.25) is 0 Å². The standard InChI is InChI=1S/C12H18N2O3/c1-9(8-13)16-6-7-17-11-5-3-2-4-10(11)12(14)15/h2-5,9H,6-8,13H2,1H3,(H2,14,15). The van der Waals surface area contributed by atoms with Crippen molar-refractivity contribution in [2.24, 2.45) is 11.5 Å². The minimum Gasteiger partial charge on any atom is -0.490 e. The second-order valence-corrected chi connectivity index (χ2v) is 3.63. The van der Waals surface area contributed by atoms with Gasteiger partial charge < -0.3 is 20.9 Å². The molecule has 5 heteroatoms. The molecule has 0 bridgehead atoms. The van der Waals surface area contributed by atoms with Gasteiger partial charge in [0.05, 0.1) is 18.3 Å². The van der Waals surface area contributed by atoms with Gasteiger partial charge in [-0.1, -0.05) is 12.1 Å². The van der Waals surface area contributed by atoms with Crippen LogP contribution in [0.2, 0.25) is 0 Å². The molecule has 4 N–H and O–H groups in total. The Morgan fingerprint density at radius 2 is 2.06 bits per heavy atom. The van der Waals surface area contributed by atoms with E-state index < -0.39 is 5.91 Å². The molecule has 0 spiro atoms. The van der Waals surface area contributed by atoms with Gasteiger partial charge in [0, 0.05) is 6.54 Å². The Hall–Kier alpha value is -1.59. The molecule has 94 valence electrons. The zero-order valence-electron chi connectivity index (χ0n) is 9.89. The van der Waals surface area contributed by atoms with Gasteiger partial charge in [0.15, 0.2) is 0 Å². The highest BCUT2D eigenvalue weighted by atomic mass is 16.5. The van der Waals surface area contributed by atoms with Crippen molar-refractivity contribution < 1.29 is 14.3 Å². The van der Waals surface area contributed by atoms with E-state index in [0.717, 1.165) is 0 Å². The molecule has 0 aromatic heterocycles. The van der Waals surface area contributed by atoms with Gasteiger partial charge in [-0.15, -0.1) is 0 Å². The summed E-state index contributed by atoms with van der Waals surface area (Å²) in [5.74, 6) is -0.0270. The van der Waals surface area contributed by atoms with Gasteiger partial charge in [-0.25, -0.2) is 0 Å². The second kappa shape index (κ2) is 6.88. The first-order valence-electron chi connectivity index (χ1n) is 5.48. The van der Waals surface area contributed by atoms with Crippen LogP contribution in [-0.4, -0.2) is 31.8 Å². The molecule has 0 saturated heterocycles. The number of primary amides is 1. The summed E-state index contributed by atoms with van der Waals surface area (Å²) >= 11 is 0. The molecular weight excluding hydrogens is 220 g/mol. The summed E-state index contributed by atoms with van der Waals surface area (Å²) < 4.78 is 10.8. The van der Waals surface area contributed by atoms with Crippen LogP contribution in [0.3, 0.4) is 0 Å². The van der Waals surface area contributed by atoms with E-state index in [0.29, 0.717) is 31.1 Å². The maximum Gasteiger partial charge on any atom is 0.252 e. The van der Waals surface area contributed by atoms with E-state index in [9.17, 15) is 4.79 Å². The number of carbonyl (C=O) groups is 1. The molecule has 0 radical (unpaired) electrons. The molecule has 17 heavy (non-hydrogen) atoms. The first-order valence-corrected chi connectivity index (χ1v) is 5.48. The summed E-state index contributed by atoms with van der Waals surface area (Å²) in [5.41, 5.74) is 11.0. The van der Waals surface area contributed by atoms with Gasteiger partial charge in [-0.05, 0) is 19.1 Å². The molecule has 1 aromatic rings. The van der Waals surface area contributed by atoms with E-state index in [1.54, 1.807) is 24.3 Å². The largest absolute Gasteiger partial charge is 0.490 e.